The first-order chi connectivity index (χ1) is 12.0. The van der Waals surface area contributed by atoms with Crippen molar-refractivity contribution in [2.75, 3.05) is 13.7 Å². The van der Waals surface area contributed by atoms with Crippen molar-refractivity contribution in [3.63, 3.8) is 0 Å². The van der Waals surface area contributed by atoms with Crippen LogP contribution in [0.1, 0.15) is 31.4 Å². The molecule has 0 unspecified atom stereocenters. The molecule has 0 amide bonds. The lowest BCUT2D eigenvalue weighted by molar-refractivity contribution is 0.280. The third kappa shape index (κ3) is 6.67. The number of halogens is 3. The van der Waals surface area contributed by atoms with Crippen molar-refractivity contribution in [3.05, 3.63) is 58.4 Å². The number of hydrogen-bond donors (Lipinski definition) is 1. The molecular formula is C20H26Cl2FNO2. The van der Waals surface area contributed by atoms with Crippen LogP contribution in [0.2, 0.25) is 5.02 Å². The van der Waals surface area contributed by atoms with E-state index in [4.69, 9.17) is 21.1 Å². The van der Waals surface area contributed by atoms with Crippen LogP contribution in [0.4, 0.5) is 4.39 Å². The van der Waals surface area contributed by atoms with Gasteiger partial charge in [-0.25, -0.2) is 4.39 Å². The number of nitrogens with one attached hydrogen (secondary N) is 1. The minimum Gasteiger partial charge on any atom is -0.493 e. The Hall–Kier alpha value is -1.49. The van der Waals surface area contributed by atoms with E-state index in [9.17, 15) is 4.39 Å². The van der Waals surface area contributed by atoms with Crippen LogP contribution in [0.5, 0.6) is 11.5 Å². The molecule has 0 saturated heterocycles. The maximum atomic E-state index is 13.2. The first kappa shape index (κ1) is 22.6. The summed E-state index contributed by atoms with van der Waals surface area (Å²) in [4.78, 5) is 0. The van der Waals surface area contributed by atoms with Gasteiger partial charge in [-0.1, -0.05) is 43.6 Å². The highest BCUT2D eigenvalue weighted by atomic mass is 35.5. The predicted molar refractivity (Wildman–Crippen MR) is 107 cm³/mol. The van der Waals surface area contributed by atoms with E-state index in [2.05, 4.69) is 19.2 Å². The number of methoxy groups -OCH3 is 1. The minimum absolute atomic E-state index is 0. The van der Waals surface area contributed by atoms with E-state index in [1.807, 2.05) is 18.2 Å². The molecule has 0 heterocycles. The zero-order valence-corrected chi connectivity index (χ0v) is 16.9. The summed E-state index contributed by atoms with van der Waals surface area (Å²) >= 11 is 6.08. The molecule has 2 rings (SSSR count). The standard InChI is InChI=1S/C20H25ClFNO2.ClH/c1-14(2)9-10-23-12-15-5-4-6-19(24-3)20(15)25-13-16-7-8-17(22)11-18(16)21;/h4-8,11,14,23H,9-10,12-13H2,1-3H3;1H. The van der Waals surface area contributed by atoms with Crippen molar-refractivity contribution in [2.24, 2.45) is 5.92 Å². The molecule has 144 valence electrons. The molecule has 0 aliphatic rings. The molecule has 0 radical (unpaired) electrons. The molecule has 2 aromatic carbocycles. The molecule has 26 heavy (non-hydrogen) atoms. The van der Waals surface area contributed by atoms with Crippen molar-refractivity contribution < 1.29 is 13.9 Å². The highest BCUT2D eigenvalue weighted by molar-refractivity contribution is 6.31. The summed E-state index contributed by atoms with van der Waals surface area (Å²) in [6.45, 7) is 6.29. The van der Waals surface area contributed by atoms with Crippen LogP contribution in [0.15, 0.2) is 36.4 Å². The third-order valence-electron chi connectivity index (χ3n) is 3.88. The monoisotopic (exact) mass is 401 g/mol. The molecule has 3 nitrogen and oxygen atoms in total. The van der Waals surface area contributed by atoms with Crippen molar-refractivity contribution in [3.8, 4) is 11.5 Å². The van der Waals surface area contributed by atoms with Gasteiger partial charge in [-0.2, -0.15) is 0 Å². The minimum atomic E-state index is -0.360. The first-order valence-corrected chi connectivity index (χ1v) is 8.82. The molecule has 1 N–H and O–H groups in total. The van der Waals surface area contributed by atoms with Gasteiger partial charge in [0, 0.05) is 17.7 Å². The zero-order valence-electron chi connectivity index (χ0n) is 15.4. The highest BCUT2D eigenvalue weighted by Crippen LogP contribution is 2.32. The lowest BCUT2D eigenvalue weighted by Crippen LogP contribution is -2.17. The van der Waals surface area contributed by atoms with E-state index in [-0.39, 0.29) is 24.8 Å². The van der Waals surface area contributed by atoms with Crippen LogP contribution in [-0.4, -0.2) is 13.7 Å². The Morgan fingerprint density at radius 2 is 1.92 bits per heavy atom. The highest BCUT2D eigenvalue weighted by Gasteiger charge is 2.12. The van der Waals surface area contributed by atoms with Gasteiger partial charge in [-0.05, 0) is 37.1 Å². The second-order valence-corrected chi connectivity index (χ2v) is 6.74. The Morgan fingerprint density at radius 3 is 2.58 bits per heavy atom. The Balaban J connectivity index is 0.00000338. The van der Waals surface area contributed by atoms with Gasteiger partial charge >= 0.3 is 0 Å². The Kier molecular flexibility index (Phi) is 9.78. The van der Waals surface area contributed by atoms with Crippen LogP contribution in [0, 0.1) is 11.7 Å². The summed E-state index contributed by atoms with van der Waals surface area (Å²) in [5, 5.41) is 3.78. The SMILES string of the molecule is COc1cccc(CNCCC(C)C)c1OCc1ccc(F)cc1Cl.Cl. The van der Waals surface area contributed by atoms with Gasteiger partial charge < -0.3 is 14.8 Å². The molecule has 0 saturated carbocycles. The molecule has 6 heteroatoms. The molecule has 0 aliphatic carbocycles. The van der Waals surface area contributed by atoms with Crippen LogP contribution >= 0.6 is 24.0 Å². The number of para-hydroxylation sites is 1. The fourth-order valence-electron chi connectivity index (χ4n) is 2.43. The summed E-state index contributed by atoms with van der Waals surface area (Å²) in [7, 11) is 1.61. The van der Waals surface area contributed by atoms with Crippen molar-refractivity contribution in [1.82, 2.24) is 5.32 Å². The molecule has 0 atom stereocenters. The third-order valence-corrected chi connectivity index (χ3v) is 4.23. The number of ether oxygens (including phenoxy) is 2. The van der Waals surface area contributed by atoms with Gasteiger partial charge in [-0.15, -0.1) is 12.4 Å². The molecule has 0 aromatic heterocycles. The topological polar surface area (TPSA) is 30.5 Å². The average Bonchev–Trinajstić information content (AvgIpc) is 2.58. The van der Waals surface area contributed by atoms with Gasteiger partial charge in [0.2, 0.25) is 0 Å². The Morgan fingerprint density at radius 1 is 1.15 bits per heavy atom. The molecule has 2 aromatic rings. The fraction of sp³-hybridized carbons (Fsp3) is 0.400. The second-order valence-electron chi connectivity index (χ2n) is 6.33. The summed E-state index contributed by atoms with van der Waals surface area (Å²) in [5.74, 6) is 1.65. The maximum Gasteiger partial charge on any atom is 0.166 e. The number of rotatable bonds is 9. The molecule has 0 spiro atoms. The number of hydrogen-bond acceptors (Lipinski definition) is 3. The second kappa shape index (κ2) is 11.3. The lowest BCUT2D eigenvalue weighted by Gasteiger charge is -2.16. The lowest BCUT2D eigenvalue weighted by atomic mass is 10.1. The normalized spacial score (nSPS) is 10.5. The summed E-state index contributed by atoms with van der Waals surface area (Å²) < 4.78 is 24.6. The predicted octanol–water partition coefficient (Wildman–Crippen LogP) is 5.62. The van der Waals surface area contributed by atoms with Crippen LogP contribution in [-0.2, 0) is 13.2 Å². The first-order valence-electron chi connectivity index (χ1n) is 8.44. The van der Waals surface area contributed by atoms with E-state index < -0.39 is 0 Å². The van der Waals surface area contributed by atoms with Crippen LogP contribution in [0.3, 0.4) is 0 Å². The molecular weight excluding hydrogens is 376 g/mol. The summed E-state index contributed by atoms with van der Waals surface area (Å²) in [6, 6.07) is 10.1. The summed E-state index contributed by atoms with van der Waals surface area (Å²) in [5.41, 5.74) is 1.74. The van der Waals surface area contributed by atoms with Crippen molar-refractivity contribution >= 4 is 24.0 Å². The van der Waals surface area contributed by atoms with Crippen molar-refractivity contribution in [2.45, 2.75) is 33.4 Å². The van der Waals surface area contributed by atoms with Crippen LogP contribution < -0.4 is 14.8 Å². The molecule has 0 fully saturated rings. The fourth-order valence-corrected chi connectivity index (χ4v) is 2.65. The number of benzene rings is 2. The van der Waals surface area contributed by atoms with E-state index in [0.29, 0.717) is 29.0 Å². The van der Waals surface area contributed by atoms with Crippen LogP contribution in [0.25, 0.3) is 0 Å². The largest absolute Gasteiger partial charge is 0.493 e. The van der Waals surface area contributed by atoms with E-state index in [1.54, 1.807) is 13.2 Å². The molecule has 0 bridgehead atoms. The summed E-state index contributed by atoms with van der Waals surface area (Å²) in [6.07, 6.45) is 1.12. The van der Waals surface area contributed by atoms with E-state index >= 15 is 0 Å². The van der Waals surface area contributed by atoms with E-state index in [1.165, 1.54) is 12.1 Å². The van der Waals surface area contributed by atoms with Gasteiger partial charge in [0.1, 0.15) is 12.4 Å². The molecule has 0 aliphatic heterocycles. The average molecular weight is 402 g/mol. The van der Waals surface area contributed by atoms with Crippen molar-refractivity contribution in [1.29, 1.82) is 0 Å². The Bertz CT molecular complexity index is 696. The van der Waals surface area contributed by atoms with Gasteiger partial charge in [0.05, 0.1) is 12.1 Å². The van der Waals surface area contributed by atoms with Gasteiger partial charge in [0.15, 0.2) is 11.5 Å². The van der Waals surface area contributed by atoms with Gasteiger partial charge in [0.25, 0.3) is 0 Å². The Labute approximate surface area is 166 Å². The van der Waals surface area contributed by atoms with Gasteiger partial charge in [-0.3, -0.25) is 0 Å². The van der Waals surface area contributed by atoms with E-state index in [0.717, 1.165) is 24.1 Å². The maximum absolute atomic E-state index is 13.2. The smallest absolute Gasteiger partial charge is 0.166 e. The quantitative estimate of drug-likeness (QED) is 0.552. The zero-order chi connectivity index (χ0) is 18.2.